The Morgan fingerprint density at radius 3 is 2.70 bits per heavy atom. The number of aromatic nitrogens is 2. The highest BCUT2D eigenvalue weighted by molar-refractivity contribution is 5.92. The molecule has 1 amide bonds. The molecule has 1 atom stereocenters. The molecule has 33 heavy (non-hydrogen) atoms. The van der Waals surface area contributed by atoms with Gasteiger partial charge in [0, 0.05) is 37.3 Å². The third-order valence-electron chi connectivity index (χ3n) is 5.67. The standard InChI is InChI=1S/C27H22FN3O2/c28-23-18-20(10-12-25(23)33-22-8-4-14-29-19-22)11-13-26(32)31-17-16-30-15-5-9-24(30)27(31)21-6-2-1-3-7-21/h1-15,18-19,27H,16-17H2/b13-11+. The van der Waals surface area contributed by atoms with Crippen LogP contribution in [0.1, 0.15) is 22.9 Å². The van der Waals surface area contributed by atoms with Gasteiger partial charge in [0.2, 0.25) is 5.91 Å². The summed E-state index contributed by atoms with van der Waals surface area (Å²) in [4.78, 5) is 19.0. The smallest absolute Gasteiger partial charge is 0.247 e. The lowest BCUT2D eigenvalue weighted by Gasteiger charge is -2.36. The minimum absolute atomic E-state index is 0.104. The van der Waals surface area contributed by atoms with Crippen molar-refractivity contribution in [2.75, 3.05) is 6.54 Å². The van der Waals surface area contributed by atoms with Crippen molar-refractivity contribution in [2.45, 2.75) is 12.6 Å². The summed E-state index contributed by atoms with van der Waals surface area (Å²) in [5.74, 6) is -0.0668. The van der Waals surface area contributed by atoms with Crippen molar-refractivity contribution in [3.05, 3.63) is 120 Å². The topological polar surface area (TPSA) is 47.4 Å². The summed E-state index contributed by atoms with van der Waals surface area (Å²) in [6.45, 7) is 1.33. The fourth-order valence-electron chi connectivity index (χ4n) is 4.11. The molecule has 0 spiro atoms. The van der Waals surface area contributed by atoms with E-state index in [9.17, 15) is 9.18 Å². The Bertz CT molecular complexity index is 1290. The predicted molar refractivity (Wildman–Crippen MR) is 124 cm³/mol. The predicted octanol–water partition coefficient (Wildman–Crippen LogP) is 5.46. The lowest BCUT2D eigenvalue weighted by atomic mass is 10.00. The monoisotopic (exact) mass is 439 g/mol. The summed E-state index contributed by atoms with van der Waals surface area (Å²) in [7, 11) is 0. The van der Waals surface area contributed by atoms with E-state index in [4.69, 9.17) is 4.74 Å². The maximum Gasteiger partial charge on any atom is 0.247 e. The van der Waals surface area contributed by atoms with Gasteiger partial charge in [-0.3, -0.25) is 9.78 Å². The zero-order valence-corrected chi connectivity index (χ0v) is 17.8. The first-order chi connectivity index (χ1) is 16.2. The summed E-state index contributed by atoms with van der Waals surface area (Å²) in [5.41, 5.74) is 2.72. The minimum Gasteiger partial charge on any atom is -0.453 e. The summed E-state index contributed by atoms with van der Waals surface area (Å²) in [6, 6.07) is 21.9. The molecule has 3 heterocycles. The molecule has 1 unspecified atom stereocenters. The average Bonchev–Trinajstić information content (AvgIpc) is 3.33. The third-order valence-corrected chi connectivity index (χ3v) is 5.67. The molecule has 0 saturated carbocycles. The van der Waals surface area contributed by atoms with Gasteiger partial charge < -0.3 is 14.2 Å². The molecule has 2 aromatic carbocycles. The van der Waals surface area contributed by atoms with Gasteiger partial charge in [0.1, 0.15) is 5.75 Å². The Kier molecular flexibility index (Phi) is 5.72. The van der Waals surface area contributed by atoms with Gasteiger partial charge in [-0.2, -0.15) is 0 Å². The van der Waals surface area contributed by atoms with Crippen LogP contribution in [-0.4, -0.2) is 26.9 Å². The number of halogens is 1. The molecule has 4 aromatic rings. The number of hydrogen-bond acceptors (Lipinski definition) is 3. The van der Waals surface area contributed by atoms with E-state index in [2.05, 4.69) is 15.6 Å². The fraction of sp³-hybridized carbons (Fsp3) is 0.111. The highest BCUT2D eigenvalue weighted by Crippen LogP contribution is 2.32. The fourth-order valence-corrected chi connectivity index (χ4v) is 4.11. The number of rotatable bonds is 5. The molecule has 1 aliphatic rings. The van der Waals surface area contributed by atoms with Crippen LogP contribution in [0.4, 0.5) is 4.39 Å². The number of benzene rings is 2. The molecule has 5 rings (SSSR count). The van der Waals surface area contributed by atoms with Gasteiger partial charge in [-0.25, -0.2) is 4.39 Å². The highest BCUT2D eigenvalue weighted by atomic mass is 19.1. The second-order valence-corrected chi connectivity index (χ2v) is 7.79. The third kappa shape index (κ3) is 4.41. The van der Waals surface area contributed by atoms with Crippen LogP contribution < -0.4 is 4.74 Å². The minimum atomic E-state index is -0.508. The SMILES string of the molecule is O=C(/C=C/c1ccc(Oc2cccnc2)c(F)c1)N1CCn2cccc2C1c1ccccc1. The van der Waals surface area contributed by atoms with Gasteiger partial charge >= 0.3 is 0 Å². The van der Waals surface area contributed by atoms with Crippen molar-refractivity contribution in [1.29, 1.82) is 0 Å². The number of fused-ring (bicyclic) bond motifs is 1. The molecule has 164 valence electrons. The van der Waals surface area contributed by atoms with Crippen LogP contribution in [0.25, 0.3) is 6.08 Å². The number of nitrogens with zero attached hydrogens (tertiary/aromatic N) is 3. The lowest BCUT2D eigenvalue weighted by molar-refractivity contribution is -0.128. The molecule has 0 radical (unpaired) electrons. The molecular weight excluding hydrogens is 417 g/mol. The Labute approximate surface area is 191 Å². The van der Waals surface area contributed by atoms with Crippen LogP contribution in [0.3, 0.4) is 0 Å². The van der Waals surface area contributed by atoms with E-state index < -0.39 is 5.82 Å². The van der Waals surface area contributed by atoms with Crippen molar-refractivity contribution in [3.8, 4) is 11.5 Å². The van der Waals surface area contributed by atoms with Gasteiger partial charge in [0.05, 0.1) is 12.2 Å². The van der Waals surface area contributed by atoms with Crippen LogP contribution >= 0.6 is 0 Å². The molecule has 0 fully saturated rings. The van der Waals surface area contributed by atoms with Gasteiger partial charge in [-0.15, -0.1) is 0 Å². The van der Waals surface area contributed by atoms with Crippen LogP contribution in [-0.2, 0) is 11.3 Å². The lowest BCUT2D eigenvalue weighted by Crippen LogP contribution is -2.41. The zero-order chi connectivity index (χ0) is 22.6. The Morgan fingerprint density at radius 1 is 1.03 bits per heavy atom. The maximum atomic E-state index is 14.6. The Morgan fingerprint density at radius 2 is 1.91 bits per heavy atom. The molecule has 0 saturated heterocycles. The molecule has 6 heteroatoms. The zero-order valence-electron chi connectivity index (χ0n) is 17.8. The number of amides is 1. The number of ether oxygens (including phenoxy) is 1. The Balaban J connectivity index is 1.35. The number of carbonyl (C=O) groups excluding carboxylic acids is 1. The summed E-state index contributed by atoms with van der Waals surface area (Å²) in [5, 5.41) is 0. The van der Waals surface area contributed by atoms with Crippen LogP contribution in [0.15, 0.2) is 97.5 Å². The summed E-state index contributed by atoms with van der Waals surface area (Å²) < 4.78 is 22.3. The summed E-state index contributed by atoms with van der Waals surface area (Å²) in [6.07, 6.45) is 8.32. The van der Waals surface area contributed by atoms with Crippen molar-refractivity contribution in [2.24, 2.45) is 0 Å². The molecule has 5 nitrogen and oxygen atoms in total. The molecule has 0 aliphatic carbocycles. The van der Waals surface area contributed by atoms with Crippen LogP contribution in [0, 0.1) is 5.82 Å². The second-order valence-electron chi connectivity index (χ2n) is 7.79. The quantitative estimate of drug-likeness (QED) is 0.388. The van der Waals surface area contributed by atoms with Crippen molar-refractivity contribution in [3.63, 3.8) is 0 Å². The molecule has 0 N–H and O–H groups in total. The number of hydrogen-bond donors (Lipinski definition) is 0. The van der Waals surface area contributed by atoms with Crippen molar-refractivity contribution < 1.29 is 13.9 Å². The summed E-state index contributed by atoms with van der Waals surface area (Å²) >= 11 is 0. The van der Waals surface area contributed by atoms with Crippen molar-refractivity contribution in [1.82, 2.24) is 14.5 Å². The largest absolute Gasteiger partial charge is 0.453 e. The van der Waals surface area contributed by atoms with E-state index in [0.717, 1.165) is 17.8 Å². The second kappa shape index (κ2) is 9.12. The van der Waals surface area contributed by atoms with Gasteiger partial charge in [0.25, 0.3) is 0 Å². The van der Waals surface area contributed by atoms with E-state index >= 15 is 0 Å². The average molecular weight is 439 g/mol. The van der Waals surface area contributed by atoms with Gasteiger partial charge in [-0.1, -0.05) is 36.4 Å². The van der Waals surface area contributed by atoms with E-state index in [0.29, 0.717) is 17.9 Å². The van der Waals surface area contributed by atoms with Crippen LogP contribution in [0.5, 0.6) is 11.5 Å². The number of pyridine rings is 1. The van der Waals surface area contributed by atoms with E-state index in [1.165, 1.54) is 18.3 Å². The molecule has 2 aromatic heterocycles. The first-order valence-corrected chi connectivity index (χ1v) is 10.7. The van der Waals surface area contributed by atoms with Crippen molar-refractivity contribution >= 4 is 12.0 Å². The molecule has 0 bridgehead atoms. The first kappa shape index (κ1) is 20.7. The normalized spacial score (nSPS) is 15.4. The van der Waals surface area contributed by atoms with E-state index in [1.54, 1.807) is 36.5 Å². The van der Waals surface area contributed by atoms with Crippen LogP contribution in [0.2, 0.25) is 0 Å². The maximum absolute atomic E-state index is 14.6. The molecule has 1 aliphatic heterocycles. The highest BCUT2D eigenvalue weighted by Gasteiger charge is 2.30. The van der Waals surface area contributed by atoms with E-state index in [-0.39, 0.29) is 17.7 Å². The Hall–Kier alpha value is -4.19. The van der Waals surface area contributed by atoms with Gasteiger partial charge in [0.15, 0.2) is 11.6 Å². The first-order valence-electron chi connectivity index (χ1n) is 10.7. The van der Waals surface area contributed by atoms with Gasteiger partial charge in [-0.05, 0) is 53.6 Å². The number of carbonyl (C=O) groups is 1. The van der Waals surface area contributed by atoms with E-state index in [1.807, 2.05) is 47.5 Å². The molecular formula is C27H22FN3O2.